The maximum absolute atomic E-state index is 12.0. The van der Waals surface area contributed by atoms with Gasteiger partial charge in [-0.25, -0.2) is 14.4 Å². The van der Waals surface area contributed by atoms with Crippen LogP contribution >= 0.6 is 0 Å². The van der Waals surface area contributed by atoms with Gasteiger partial charge in [0.05, 0.1) is 0 Å². The first kappa shape index (κ1) is 19.2. The van der Waals surface area contributed by atoms with Gasteiger partial charge in [0.25, 0.3) is 0 Å². The fourth-order valence-corrected chi connectivity index (χ4v) is 1.40. The summed E-state index contributed by atoms with van der Waals surface area (Å²) in [6.45, 7) is 9.97. The summed E-state index contributed by atoms with van der Waals surface area (Å²) in [6.07, 6.45) is -1.41. The number of rotatable bonds is 6. The molecule has 0 aromatic carbocycles. The number of carbonyl (C=O) groups excluding carboxylic acids is 2. The highest BCUT2D eigenvalue weighted by atomic mass is 16.6. The van der Waals surface area contributed by atoms with E-state index in [1.807, 2.05) is 6.92 Å². The number of nitrogens with one attached hydrogen (secondary N) is 1. The number of carboxylic acids is 1. The monoisotopic (exact) mass is 303 g/mol. The Balaban J connectivity index is 4.84. The summed E-state index contributed by atoms with van der Waals surface area (Å²) in [5.74, 6) is -2.25. The number of hydrogen-bond donors (Lipinski definition) is 2. The third-order valence-corrected chi connectivity index (χ3v) is 2.78. The zero-order valence-corrected chi connectivity index (χ0v) is 13.4. The van der Waals surface area contributed by atoms with E-state index in [9.17, 15) is 14.4 Å². The van der Waals surface area contributed by atoms with E-state index in [0.29, 0.717) is 6.42 Å². The van der Waals surface area contributed by atoms with Crippen molar-refractivity contribution in [1.82, 2.24) is 5.32 Å². The lowest BCUT2D eigenvalue weighted by Gasteiger charge is -2.26. The second kappa shape index (κ2) is 7.85. The van der Waals surface area contributed by atoms with Crippen LogP contribution in [0, 0.1) is 5.92 Å². The molecule has 1 unspecified atom stereocenters. The van der Waals surface area contributed by atoms with Crippen molar-refractivity contribution in [2.24, 2.45) is 5.92 Å². The fourth-order valence-electron chi connectivity index (χ4n) is 1.40. The maximum Gasteiger partial charge on any atom is 0.408 e. The lowest BCUT2D eigenvalue weighted by Crippen LogP contribution is -2.48. The van der Waals surface area contributed by atoms with Crippen LogP contribution in [-0.2, 0) is 19.1 Å². The van der Waals surface area contributed by atoms with Gasteiger partial charge in [-0.15, -0.1) is 0 Å². The molecular weight excluding hydrogens is 278 g/mol. The van der Waals surface area contributed by atoms with Gasteiger partial charge in [0.1, 0.15) is 11.6 Å². The van der Waals surface area contributed by atoms with Crippen LogP contribution in [-0.4, -0.2) is 40.9 Å². The van der Waals surface area contributed by atoms with E-state index in [0.717, 1.165) is 0 Å². The average Bonchev–Trinajstić information content (AvgIpc) is 2.32. The molecule has 0 fully saturated rings. The Kier molecular flexibility index (Phi) is 7.18. The smallest absolute Gasteiger partial charge is 0.408 e. The zero-order chi connectivity index (χ0) is 16.8. The minimum atomic E-state index is -1.27. The minimum absolute atomic E-state index is 0.217. The molecule has 0 saturated carbocycles. The Bertz CT molecular complexity index is 387. The van der Waals surface area contributed by atoms with E-state index < -0.39 is 35.8 Å². The lowest BCUT2D eigenvalue weighted by molar-refractivity contribution is -0.165. The Hall–Kier alpha value is -1.79. The first-order chi connectivity index (χ1) is 9.47. The molecule has 0 aliphatic rings. The molecule has 3 atom stereocenters. The Morgan fingerprint density at radius 1 is 1.19 bits per heavy atom. The number of carbonyl (C=O) groups is 3. The van der Waals surface area contributed by atoms with Crippen molar-refractivity contribution >= 4 is 18.0 Å². The Morgan fingerprint density at radius 3 is 2.10 bits per heavy atom. The predicted molar refractivity (Wildman–Crippen MR) is 75.8 cm³/mol. The largest absolute Gasteiger partial charge is 0.479 e. The first-order valence-electron chi connectivity index (χ1n) is 6.90. The zero-order valence-electron chi connectivity index (χ0n) is 13.4. The molecule has 0 aliphatic carbocycles. The van der Waals surface area contributed by atoms with Gasteiger partial charge in [-0.1, -0.05) is 20.3 Å². The summed E-state index contributed by atoms with van der Waals surface area (Å²) in [4.78, 5) is 34.5. The van der Waals surface area contributed by atoms with Gasteiger partial charge >= 0.3 is 18.0 Å². The van der Waals surface area contributed by atoms with E-state index in [1.165, 1.54) is 6.92 Å². The molecule has 0 bridgehead atoms. The van der Waals surface area contributed by atoms with Crippen molar-refractivity contribution in [3.63, 3.8) is 0 Å². The molecule has 21 heavy (non-hydrogen) atoms. The van der Waals surface area contributed by atoms with E-state index in [-0.39, 0.29) is 5.92 Å². The van der Waals surface area contributed by atoms with E-state index >= 15 is 0 Å². The summed E-state index contributed by atoms with van der Waals surface area (Å²) < 4.78 is 9.91. The highest BCUT2D eigenvalue weighted by Gasteiger charge is 2.31. The fraction of sp³-hybridized carbons (Fsp3) is 0.786. The van der Waals surface area contributed by atoms with Gasteiger partial charge in [0.15, 0.2) is 6.10 Å². The van der Waals surface area contributed by atoms with Crippen LogP contribution in [0.5, 0.6) is 0 Å². The number of alkyl carbamates (subject to hydrolysis) is 1. The van der Waals surface area contributed by atoms with Crippen molar-refractivity contribution in [2.45, 2.75) is 65.7 Å². The second-order valence-electron chi connectivity index (χ2n) is 5.93. The van der Waals surface area contributed by atoms with Crippen molar-refractivity contribution in [3.8, 4) is 0 Å². The number of carboxylic acid groups (broad SMARTS) is 1. The van der Waals surface area contributed by atoms with Gasteiger partial charge < -0.3 is 19.9 Å². The molecule has 0 spiro atoms. The van der Waals surface area contributed by atoms with Crippen molar-refractivity contribution in [2.75, 3.05) is 0 Å². The Labute approximate surface area is 125 Å². The molecule has 0 aromatic heterocycles. The average molecular weight is 303 g/mol. The number of aliphatic carboxylic acids is 1. The number of esters is 1. The summed E-state index contributed by atoms with van der Waals surface area (Å²) in [7, 11) is 0. The summed E-state index contributed by atoms with van der Waals surface area (Å²) in [5, 5.41) is 11.2. The van der Waals surface area contributed by atoms with E-state index in [1.54, 1.807) is 27.7 Å². The van der Waals surface area contributed by atoms with Gasteiger partial charge in [-0.2, -0.15) is 0 Å². The molecule has 0 rings (SSSR count). The summed E-state index contributed by atoms with van der Waals surface area (Å²) >= 11 is 0. The van der Waals surface area contributed by atoms with Crippen LogP contribution < -0.4 is 5.32 Å². The normalized spacial score (nSPS) is 15.5. The quantitative estimate of drug-likeness (QED) is 0.727. The molecule has 0 heterocycles. The van der Waals surface area contributed by atoms with E-state index in [4.69, 9.17) is 14.6 Å². The number of ether oxygens (including phenoxy) is 2. The third kappa shape index (κ3) is 7.53. The topological polar surface area (TPSA) is 102 Å². The second-order valence-corrected chi connectivity index (χ2v) is 5.93. The minimum Gasteiger partial charge on any atom is -0.479 e. The number of hydrogen-bond acceptors (Lipinski definition) is 5. The molecular formula is C14H25NO6. The Morgan fingerprint density at radius 2 is 1.71 bits per heavy atom. The SMILES string of the molecule is CC[C@H](C)[C@H](NC(=O)OC(C)(C)C)C(=O)OC(C)C(=O)O. The lowest BCUT2D eigenvalue weighted by atomic mass is 9.99. The molecule has 0 aromatic rings. The summed E-state index contributed by atoms with van der Waals surface area (Å²) in [6, 6.07) is -0.952. The third-order valence-electron chi connectivity index (χ3n) is 2.78. The van der Waals surface area contributed by atoms with Crippen molar-refractivity contribution in [1.29, 1.82) is 0 Å². The predicted octanol–water partition coefficient (Wildman–Crippen LogP) is 1.94. The molecule has 0 aliphatic heterocycles. The van der Waals surface area contributed by atoms with Gasteiger partial charge in [-0.3, -0.25) is 0 Å². The van der Waals surface area contributed by atoms with E-state index in [2.05, 4.69) is 5.32 Å². The highest BCUT2D eigenvalue weighted by Crippen LogP contribution is 2.13. The molecule has 7 heteroatoms. The van der Waals surface area contributed by atoms with Crippen LogP contribution in [0.3, 0.4) is 0 Å². The molecule has 1 amide bonds. The van der Waals surface area contributed by atoms with Crippen LogP contribution in [0.4, 0.5) is 4.79 Å². The van der Waals surface area contributed by atoms with Crippen LogP contribution in [0.15, 0.2) is 0 Å². The highest BCUT2D eigenvalue weighted by molar-refractivity contribution is 5.84. The standard InChI is InChI=1S/C14H25NO6/c1-7-8(2)10(12(18)20-9(3)11(16)17)15-13(19)21-14(4,5)6/h8-10H,7H2,1-6H3,(H,15,19)(H,16,17)/t8-,9?,10-/m0/s1. The molecule has 122 valence electrons. The first-order valence-corrected chi connectivity index (χ1v) is 6.90. The van der Waals surface area contributed by atoms with Crippen LogP contribution in [0.1, 0.15) is 48.0 Å². The number of amides is 1. The molecule has 7 nitrogen and oxygen atoms in total. The molecule has 0 saturated heterocycles. The van der Waals surface area contributed by atoms with Crippen molar-refractivity contribution < 1.29 is 29.0 Å². The van der Waals surface area contributed by atoms with Crippen molar-refractivity contribution in [3.05, 3.63) is 0 Å². The van der Waals surface area contributed by atoms with Crippen LogP contribution in [0.25, 0.3) is 0 Å². The van der Waals surface area contributed by atoms with Gasteiger partial charge in [0.2, 0.25) is 0 Å². The maximum atomic E-state index is 12.0. The van der Waals surface area contributed by atoms with Gasteiger partial charge in [0, 0.05) is 0 Å². The molecule has 2 N–H and O–H groups in total. The van der Waals surface area contributed by atoms with Gasteiger partial charge in [-0.05, 0) is 33.6 Å². The van der Waals surface area contributed by atoms with Crippen LogP contribution in [0.2, 0.25) is 0 Å². The summed E-state index contributed by atoms with van der Waals surface area (Å²) in [5.41, 5.74) is -0.692. The molecule has 0 radical (unpaired) electrons.